The highest BCUT2D eigenvalue weighted by Gasteiger charge is 2.41. The van der Waals surface area contributed by atoms with Gasteiger partial charge < -0.3 is 4.74 Å². The van der Waals surface area contributed by atoms with Gasteiger partial charge in [0, 0.05) is 17.1 Å². The van der Waals surface area contributed by atoms with Crippen molar-refractivity contribution in [2.45, 2.75) is 33.0 Å². The topological polar surface area (TPSA) is 39.2 Å². The summed E-state index contributed by atoms with van der Waals surface area (Å²) in [4.78, 5) is 17.1. The van der Waals surface area contributed by atoms with Crippen molar-refractivity contribution in [3.05, 3.63) is 42.1 Å². The summed E-state index contributed by atoms with van der Waals surface area (Å²) in [6, 6.07) is 9.65. The van der Waals surface area contributed by atoms with Crippen molar-refractivity contribution in [1.82, 2.24) is 4.98 Å². The molecule has 1 aromatic heterocycles. The minimum absolute atomic E-state index is 0.0214. The molecule has 0 N–H and O–H groups in total. The highest BCUT2D eigenvalue weighted by Crippen LogP contribution is 2.34. The van der Waals surface area contributed by atoms with Gasteiger partial charge >= 0.3 is 0 Å². The maximum atomic E-state index is 12.7. The molecule has 0 saturated carbocycles. The normalized spacial score (nSPS) is 29.8. The second-order valence-electron chi connectivity index (χ2n) is 5.71. The molecule has 3 heteroatoms. The fourth-order valence-corrected chi connectivity index (χ4v) is 3.13. The third kappa shape index (κ3) is 2.12. The van der Waals surface area contributed by atoms with E-state index in [1.54, 1.807) is 6.20 Å². The number of carbonyl (C=O) groups excluding carboxylic acids is 1. The predicted molar refractivity (Wildman–Crippen MR) is 78.7 cm³/mol. The smallest absolute Gasteiger partial charge is 0.168 e. The van der Waals surface area contributed by atoms with E-state index in [0.29, 0.717) is 0 Å². The lowest BCUT2D eigenvalue weighted by molar-refractivity contribution is 0.0491. The van der Waals surface area contributed by atoms with Crippen molar-refractivity contribution in [1.29, 1.82) is 0 Å². The van der Waals surface area contributed by atoms with E-state index in [2.05, 4.69) is 11.9 Å². The van der Waals surface area contributed by atoms with Gasteiger partial charge in [-0.3, -0.25) is 9.78 Å². The van der Waals surface area contributed by atoms with E-state index >= 15 is 0 Å². The van der Waals surface area contributed by atoms with Crippen LogP contribution in [0.5, 0.6) is 0 Å². The van der Waals surface area contributed by atoms with Gasteiger partial charge in [0.2, 0.25) is 0 Å². The van der Waals surface area contributed by atoms with Gasteiger partial charge in [-0.25, -0.2) is 0 Å². The number of hydrogen-bond acceptors (Lipinski definition) is 3. The van der Waals surface area contributed by atoms with E-state index < -0.39 is 0 Å². The monoisotopic (exact) mass is 269 g/mol. The van der Waals surface area contributed by atoms with Gasteiger partial charge in [0.25, 0.3) is 0 Å². The van der Waals surface area contributed by atoms with Crippen LogP contribution in [0.1, 0.15) is 31.1 Å². The number of pyridine rings is 1. The first-order valence-corrected chi connectivity index (χ1v) is 7.12. The number of hydrogen-bond donors (Lipinski definition) is 0. The highest BCUT2D eigenvalue weighted by molar-refractivity contribution is 6.01. The number of fused-ring (bicyclic) bond motifs is 1. The Balaban J connectivity index is 1.96. The number of nitrogens with zero attached hydrogens (tertiary/aromatic N) is 1. The van der Waals surface area contributed by atoms with Crippen LogP contribution in [0.25, 0.3) is 10.9 Å². The van der Waals surface area contributed by atoms with Crippen molar-refractivity contribution in [3.63, 3.8) is 0 Å². The van der Waals surface area contributed by atoms with Crippen LogP contribution in [-0.4, -0.2) is 23.0 Å². The molecule has 1 fully saturated rings. The molecule has 20 heavy (non-hydrogen) atoms. The van der Waals surface area contributed by atoms with Gasteiger partial charge in [-0.05, 0) is 31.9 Å². The Hall–Kier alpha value is -1.74. The Morgan fingerprint density at radius 3 is 2.65 bits per heavy atom. The molecular formula is C17H19NO2. The number of Topliss-reactive ketones (excluding diaryl/α,β-unsaturated/α-hetero) is 1. The number of ketones is 1. The van der Waals surface area contributed by atoms with Gasteiger partial charge in [-0.15, -0.1) is 0 Å². The third-order valence-corrected chi connectivity index (χ3v) is 4.44. The van der Waals surface area contributed by atoms with Crippen LogP contribution in [-0.2, 0) is 4.74 Å². The lowest BCUT2D eigenvalue weighted by Crippen LogP contribution is -2.26. The van der Waals surface area contributed by atoms with Crippen LogP contribution in [0.4, 0.5) is 0 Å². The molecule has 1 aliphatic rings. The third-order valence-electron chi connectivity index (χ3n) is 4.44. The molecule has 0 bridgehead atoms. The molecule has 2 aromatic rings. The van der Waals surface area contributed by atoms with E-state index in [1.807, 2.05) is 44.2 Å². The van der Waals surface area contributed by atoms with Crippen molar-refractivity contribution < 1.29 is 9.53 Å². The summed E-state index contributed by atoms with van der Waals surface area (Å²) in [6.45, 7) is 6.12. The Morgan fingerprint density at radius 1 is 1.15 bits per heavy atom. The van der Waals surface area contributed by atoms with Crippen LogP contribution >= 0.6 is 0 Å². The average molecular weight is 269 g/mol. The summed E-state index contributed by atoms with van der Waals surface area (Å²) in [5.74, 6) is 0.352. The standard InChI is InChI=1S/C17H19NO2/c1-10-11(2)20-12(3)16(10)17(19)14-7-6-13-5-4-8-18-15(13)9-14/h4-12,16H,1-3H3. The maximum absolute atomic E-state index is 12.7. The highest BCUT2D eigenvalue weighted by atomic mass is 16.5. The Kier molecular flexibility index (Phi) is 3.30. The maximum Gasteiger partial charge on any atom is 0.168 e. The molecule has 3 rings (SSSR count). The van der Waals surface area contributed by atoms with E-state index in [-0.39, 0.29) is 29.8 Å². The van der Waals surface area contributed by atoms with Crippen LogP contribution < -0.4 is 0 Å². The SMILES string of the molecule is CC1OC(C)C(C(=O)c2ccc3cccnc3c2)C1C. The molecule has 0 spiro atoms. The molecule has 1 aromatic carbocycles. The van der Waals surface area contributed by atoms with Gasteiger partial charge in [0.1, 0.15) is 0 Å². The number of benzene rings is 1. The molecule has 4 unspecified atom stereocenters. The van der Waals surface area contributed by atoms with Crippen LogP contribution in [0.15, 0.2) is 36.5 Å². The summed E-state index contributed by atoms with van der Waals surface area (Å²) < 4.78 is 5.78. The number of carbonyl (C=O) groups is 1. The number of rotatable bonds is 2. The summed E-state index contributed by atoms with van der Waals surface area (Å²) >= 11 is 0. The largest absolute Gasteiger partial charge is 0.374 e. The van der Waals surface area contributed by atoms with Crippen molar-refractivity contribution in [2.24, 2.45) is 11.8 Å². The zero-order valence-corrected chi connectivity index (χ0v) is 12.0. The van der Waals surface area contributed by atoms with Gasteiger partial charge in [0.15, 0.2) is 5.78 Å². The van der Waals surface area contributed by atoms with E-state index in [4.69, 9.17) is 4.74 Å². The molecule has 1 saturated heterocycles. The Labute approximate surface area is 119 Å². The van der Waals surface area contributed by atoms with Crippen molar-refractivity contribution >= 4 is 16.7 Å². The van der Waals surface area contributed by atoms with Crippen LogP contribution in [0.2, 0.25) is 0 Å². The summed E-state index contributed by atoms with van der Waals surface area (Å²) in [5, 5.41) is 1.06. The number of aromatic nitrogens is 1. The molecular weight excluding hydrogens is 250 g/mol. The Morgan fingerprint density at radius 2 is 1.95 bits per heavy atom. The van der Waals surface area contributed by atoms with Crippen molar-refractivity contribution in [3.8, 4) is 0 Å². The van der Waals surface area contributed by atoms with Crippen LogP contribution in [0, 0.1) is 11.8 Å². The predicted octanol–water partition coefficient (Wildman–Crippen LogP) is 3.48. The summed E-state index contributed by atoms with van der Waals surface area (Å²) in [7, 11) is 0. The molecule has 2 heterocycles. The molecule has 104 valence electrons. The number of ether oxygens (including phenoxy) is 1. The fourth-order valence-electron chi connectivity index (χ4n) is 3.13. The summed E-state index contributed by atoms with van der Waals surface area (Å²) in [5.41, 5.74) is 1.60. The van der Waals surface area contributed by atoms with Gasteiger partial charge in [0.05, 0.1) is 23.6 Å². The fraction of sp³-hybridized carbons (Fsp3) is 0.412. The first-order valence-electron chi connectivity index (χ1n) is 7.12. The minimum atomic E-state index is -0.0637. The van der Waals surface area contributed by atoms with Crippen LogP contribution in [0.3, 0.4) is 0 Å². The van der Waals surface area contributed by atoms with Crippen molar-refractivity contribution in [2.75, 3.05) is 0 Å². The van der Waals surface area contributed by atoms with Gasteiger partial charge in [-0.2, -0.15) is 0 Å². The van der Waals surface area contributed by atoms with E-state index in [9.17, 15) is 4.79 Å². The van der Waals surface area contributed by atoms with E-state index in [1.165, 1.54) is 0 Å². The zero-order chi connectivity index (χ0) is 14.3. The molecule has 3 nitrogen and oxygen atoms in total. The average Bonchev–Trinajstić information content (AvgIpc) is 2.71. The first kappa shape index (κ1) is 13.3. The Bertz CT molecular complexity index is 652. The quantitative estimate of drug-likeness (QED) is 0.784. The molecule has 0 aliphatic carbocycles. The first-order chi connectivity index (χ1) is 9.58. The molecule has 0 radical (unpaired) electrons. The van der Waals surface area contributed by atoms with Gasteiger partial charge in [-0.1, -0.05) is 25.1 Å². The second kappa shape index (κ2) is 4.98. The molecule has 1 aliphatic heterocycles. The lowest BCUT2D eigenvalue weighted by atomic mass is 9.83. The zero-order valence-electron chi connectivity index (χ0n) is 12.0. The second-order valence-corrected chi connectivity index (χ2v) is 5.71. The molecule has 0 amide bonds. The summed E-state index contributed by atoms with van der Waals surface area (Å²) in [6.07, 6.45) is 1.87. The molecule has 4 atom stereocenters. The lowest BCUT2D eigenvalue weighted by Gasteiger charge is -2.17. The minimum Gasteiger partial charge on any atom is -0.374 e. The van der Waals surface area contributed by atoms with E-state index in [0.717, 1.165) is 16.5 Å².